The van der Waals surface area contributed by atoms with Crippen molar-refractivity contribution in [1.29, 1.82) is 0 Å². The van der Waals surface area contributed by atoms with E-state index in [0.29, 0.717) is 23.3 Å². The Morgan fingerprint density at radius 3 is 2.30 bits per heavy atom. The average molecular weight is 647 g/mol. The molecule has 0 aromatic heterocycles. The summed E-state index contributed by atoms with van der Waals surface area (Å²) in [6.07, 6.45) is 0.810. The Hall–Kier alpha value is -4.77. The first-order valence-electron chi connectivity index (χ1n) is 15.9. The molecule has 0 aliphatic carbocycles. The molecule has 250 valence electrons. The maximum Gasteiger partial charge on any atom is 0.245 e. The second kappa shape index (κ2) is 16.7. The highest BCUT2D eigenvalue weighted by Crippen LogP contribution is 2.26. The number of nitrogens with zero attached hydrogens (tertiary/aromatic N) is 1. The first-order valence-corrected chi connectivity index (χ1v) is 15.9. The molecule has 0 saturated carbocycles. The first kappa shape index (κ1) is 35.1. The van der Waals surface area contributed by atoms with Crippen LogP contribution in [-0.4, -0.2) is 72.0 Å². The molecule has 3 aromatic carbocycles. The third kappa shape index (κ3) is 10.4. The number of carbonyl (C=O) groups is 4. The van der Waals surface area contributed by atoms with Crippen molar-refractivity contribution in [3.63, 3.8) is 0 Å². The number of fused-ring (bicyclic) bond motifs is 12. The van der Waals surface area contributed by atoms with Crippen molar-refractivity contribution in [2.24, 2.45) is 5.92 Å². The summed E-state index contributed by atoms with van der Waals surface area (Å²) in [5, 5.41) is 17.8. The zero-order valence-electron chi connectivity index (χ0n) is 27.0. The fourth-order valence-corrected chi connectivity index (χ4v) is 5.41. The average Bonchev–Trinajstić information content (AvgIpc) is 3.04. The predicted molar refractivity (Wildman–Crippen MR) is 175 cm³/mol. The number of hydrogen-bond acceptors (Lipinski definition) is 6. The lowest BCUT2D eigenvalue weighted by Crippen LogP contribution is -2.58. The van der Waals surface area contributed by atoms with Crippen molar-refractivity contribution in [2.45, 2.75) is 64.1 Å². The molecule has 47 heavy (non-hydrogen) atoms. The Kier molecular flexibility index (Phi) is 12.5. The smallest absolute Gasteiger partial charge is 0.245 e. The largest absolute Gasteiger partial charge is 0.454 e. The number of rotatable bonds is 8. The monoisotopic (exact) mass is 646 g/mol. The molecular weight excluding hydrogens is 603 g/mol. The maximum absolute atomic E-state index is 14.7. The van der Waals surface area contributed by atoms with Crippen LogP contribution in [0.15, 0.2) is 72.8 Å². The van der Waals surface area contributed by atoms with Crippen molar-refractivity contribution in [1.82, 2.24) is 20.9 Å². The van der Waals surface area contributed by atoms with Gasteiger partial charge in [-0.15, -0.1) is 0 Å². The molecule has 0 radical (unpaired) electrons. The molecule has 2 aliphatic heterocycles. The van der Waals surface area contributed by atoms with Crippen LogP contribution in [-0.2, 0) is 38.4 Å². The van der Waals surface area contributed by atoms with Gasteiger partial charge in [0.1, 0.15) is 23.9 Å². The number of amides is 4. The molecule has 4 bridgehead atoms. The van der Waals surface area contributed by atoms with Crippen LogP contribution in [0, 0.1) is 11.7 Å². The van der Waals surface area contributed by atoms with Gasteiger partial charge in [0.05, 0.1) is 6.42 Å². The number of halogens is 1. The van der Waals surface area contributed by atoms with E-state index in [1.54, 1.807) is 31.3 Å². The van der Waals surface area contributed by atoms with Gasteiger partial charge in [-0.2, -0.15) is 0 Å². The van der Waals surface area contributed by atoms with Gasteiger partial charge >= 0.3 is 0 Å². The minimum absolute atomic E-state index is 0.0106. The predicted octanol–water partition coefficient (Wildman–Crippen LogP) is 3.30. The molecule has 10 nitrogen and oxygen atoms in total. The van der Waals surface area contributed by atoms with Gasteiger partial charge in [0.15, 0.2) is 11.6 Å². The minimum atomic E-state index is -1.02. The fourth-order valence-electron chi connectivity index (χ4n) is 5.41. The summed E-state index contributed by atoms with van der Waals surface area (Å²) in [7, 11) is 1.60. The molecule has 0 fully saturated rings. The lowest BCUT2D eigenvalue weighted by Gasteiger charge is -2.28. The molecule has 0 spiro atoms. The van der Waals surface area contributed by atoms with Crippen LogP contribution in [0.3, 0.4) is 0 Å². The number of aliphatic hydroxyl groups excluding tert-OH is 1. The topological polar surface area (TPSA) is 137 Å². The van der Waals surface area contributed by atoms with Gasteiger partial charge in [0.2, 0.25) is 23.6 Å². The summed E-state index contributed by atoms with van der Waals surface area (Å²) in [6, 6.07) is 17.0. The normalized spacial score (nSPS) is 19.0. The number of nitrogens with one attached hydrogen (secondary N) is 3. The van der Waals surface area contributed by atoms with Crippen LogP contribution < -0.4 is 20.7 Å². The second-order valence-corrected chi connectivity index (χ2v) is 12.3. The van der Waals surface area contributed by atoms with E-state index >= 15 is 0 Å². The Balaban J connectivity index is 1.72. The Morgan fingerprint density at radius 2 is 1.62 bits per heavy atom. The lowest BCUT2D eigenvalue weighted by molar-refractivity contribution is -0.137. The molecule has 3 atom stereocenters. The Bertz CT molecular complexity index is 1530. The zero-order valence-corrected chi connectivity index (χ0v) is 27.0. The number of hydrogen-bond donors (Lipinski definition) is 4. The zero-order chi connectivity index (χ0) is 33.9. The first-order chi connectivity index (χ1) is 22.5. The van der Waals surface area contributed by atoms with Gasteiger partial charge in [-0.3, -0.25) is 19.2 Å². The van der Waals surface area contributed by atoms with E-state index in [9.17, 15) is 28.7 Å². The second-order valence-electron chi connectivity index (χ2n) is 12.3. The molecule has 3 aromatic rings. The molecule has 4 amide bonds. The number of likely N-dealkylation sites (N-methyl/N-ethyl adjacent to an activating group) is 1. The van der Waals surface area contributed by atoms with Gasteiger partial charge < -0.3 is 30.7 Å². The SMILES string of the molecule is CC(C)C[C@@H]1NC(=O)[C@@H](Cc2ccccc2)NC(=O)Cc2ccc(F)c(c2)Oc2ccc(cc2)C[C@@H](C(=O)N(C)CCCO)NC1=O. The number of carbonyl (C=O) groups excluding carboxylic acids is 4. The quantitative estimate of drug-likeness (QED) is 0.278. The Morgan fingerprint density at radius 1 is 0.936 bits per heavy atom. The van der Waals surface area contributed by atoms with Crippen LogP contribution >= 0.6 is 0 Å². The van der Waals surface area contributed by atoms with Crippen molar-refractivity contribution < 1.29 is 33.4 Å². The van der Waals surface area contributed by atoms with Crippen molar-refractivity contribution in [2.75, 3.05) is 20.2 Å². The Labute approximate surface area is 274 Å². The van der Waals surface area contributed by atoms with E-state index in [4.69, 9.17) is 4.74 Å². The molecule has 4 N–H and O–H groups in total. The summed E-state index contributed by atoms with van der Waals surface area (Å²) in [5.74, 6) is -2.24. The van der Waals surface area contributed by atoms with E-state index in [1.165, 1.54) is 23.1 Å². The van der Waals surface area contributed by atoms with Gasteiger partial charge in [-0.05, 0) is 59.7 Å². The van der Waals surface area contributed by atoms with Crippen molar-refractivity contribution in [3.05, 3.63) is 95.3 Å². The summed E-state index contributed by atoms with van der Waals surface area (Å²) < 4.78 is 20.5. The summed E-state index contributed by atoms with van der Waals surface area (Å²) in [5.41, 5.74) is 1.99. The van der Waals surface area contributed by atoms with Crippen LogP contribution in [0.4, 0.5) is 4.39 Å². The molecule has 5 rings (SSSR count). The summed E-state index contributed by atoms with van der Waals surface area (Å²) in [4.78, 5) is 55.9. The maximum atomic E-state index is 14.7. The molecular formula is C36H43FN4O6. The highest BCUT2D eigenvalue weighted by atomic mass is 19.1. The van der Waals surface area contributed by atoms with Gasteiger partial charge in [0.25, 0.3) is 0 Å². The summed E-state index contributed by atoms with van der Waals surface area (Å²) in [6.45, 7) is 4.03. The molecule has 2 aliphatic rings. The lowest BCUT2D eigenvalue weighted by atomic mass is 9.99. The molecule has 2 heterocycles. The molecule has 11 heteroatoms. The number of aliphatic hydroxyl groups is 1. The highest BCUT2D eigenvalue weighted by molar-refractivity contribution is 5.94. The minimum Gasteiger partial charge on any atom is -0.454 e. The molecule has 0 saturated heterocycles. The van der Waals surface area contributed by atoms with E-state index in [0.717, 1.165) is 5.56 Å². The standard InChI is InChI=1S/C36H43FN4O6/c1-23(2)18-29-34(44)40-31(36(46)41(3)16-7-17-42)20-25-10-13-27(14-11-25)47-32-21-26(12-15-28(32)37)22-33(43)38-30(35(45)39-29)19-24-8-5-4-6-9-24/h4-6,8-15,21,23,29-31,42H,7,16-20,22H2,1-3H3,(H,38,43)(H,39,45)(H,40,44)/t29-,30+,31-/m0/s1. The van der Waals surface area contributed by atoms with Gasteiger partial charge in [-0.1, -0.05) is 62.4 Å². The van der Waals surface area contributed by atoms with E-state index in [-0.39, 0.29) is 56.4 Å². The van der Waals surface area contributed by atoms with E-state index < -0.39 is 41.7 Å². The van der Waals surface area contributed by atoms with Crippen LogP contribution in [0.1, 0.15) is 43.4 Å². The number of benzene rings is 3. The third-order valence-corrected chi connectivity index (χ3v) is 7.87. The van der Waals surface area contributed by atoms with Crippen LogP contribution in [0.5, 0.6) is 11.5 Å². The van der Waals surface area contributed by atoms with Crippen LogP contribution in [0.25, 0.3) is 0 Å². The number of ether oxygens (including phenoxy) is 1. The van der Waals surface area contributed by atoms with Crippen molar-refractivity contribution >= 4 is 23.6 Å². The fraction of sp³-hybridized carbons (Fsp3) is 0.389. The van der Waals surface area contributed by atoms with Gasteiger partial charge in [0, 0.05) is 33.0 Å². The van der Waals surface area contributed by atoms with Gasteiger partial charge in [-0.25, -0.2) is 4.39 Å². The molecule has 0 unspecified atom stereocenters. The van der Waals surface area contributed by atoms with E-state index in [1.807, 2.05) is 44.2 Å². The summed E-state index contributed by atoms with van der Waals surface area (Å²) >= 11 is 0. The van der Waals surface area contributed by atoms with Crippen LogP contribution in [0.2, 0.25) is 0 Å². The third-order valence-electron chi connectivity index (χ3n) is 7.87. The van der Waals surface area contributed by atoms with E-state index in [2.05, 4.69) is 16.0 Å². The highest BCUT2D eigenvalue weighted by Gasteiger charge is 2.31. The van der Waals surface area contributed by atoms with Crippen molar-refractivity contribution in [3.8, 4) is 11.5 Å².